The summed E-state index contributed by atoms with van der Waals surface area (Å²) < 4.78 is 0. The second-order valence-electron chi connectivity index (χ2n) is 5.37. The van der Waals surface area contributed by atoms with Crippen molar-refractivity contribution in [3.8, 4) is 11.1 Å². The van der Waals surface area contributed by atoms with Gasteiger partial charge in [-0.1, -0.05) is 35.9 Å². The second kappa shape index (κ2) is 7.92. The first-order valence-electron chi connectivity index (χ1n) is 7.28. The van der Waals surface area contributed by atoms with Crippen molar-refractivity contribution >= 4 is 23.4 Å². The van der Waals surface area contributed by atoms with Gasteiger partial charge in [-0.15, -0.1) is 0 Å². The van der Waals surface area contributed by atoms with Gasteiger partial charge >= 0.3 is 0 Å². The van der Waals surface area contributed by atoms with Crippen molar-refractivity contribution in [1.82, 2.24) is 10.8 Å². The SMILES string of the molecule is C[C@@H](N)[C@H](NC(=O)c1ccc(-c2ccc(Cl)cc2)cc1)C(=O)NO. The molecule has 2 aromatic rings. The van der Waals surface area contributed by atoms with Gasteiger partial charge in [0.1, 0.15) is 6.04 Å². The number of nitrogens with one attached hydrogen (secondary N) is 2. The van der Waals surface area contributed by atoms with Crippen LogP contribution in [0.25, 0.3) is 11.1 Å². The van der Waals surface area contributed by atoms with Crippen molar-refractivity contribution in [1.29, 1.82) is 0 Å². The van der Waals surface area contributed by atoms with E-state index >= 15 is 0 Å². The van der Waals surface area contributed by atoms with Crippen LogP contribution in [0.3, 0.4) is 0 Å². The van der Waals surface area contributed by atoms with Crippen molar-refractivity contribution in [2.75, 3.05) is 0 Å². The molecule has 24 heavy (non-hydrogen) atoms. The number of carbonyl (C=O) groups is 2. The first-order valence-corrected chi connectivity index (χ1v) is 7.66. The topological polar surface area (TPSA) is 104 Å². The van der Waals surface area contributed by atoms with Crippen LogP contribution in [0.5, 0.6) is 0 Å². The Balaban J connectivity index is 2.13. The second-order valence-corrected chi connectivity index (χ2v) is 5.81. The van der Waals surface area contributed by atoms with Gasteiger partial charge in [0.05, 0.1) is 0 Å². The molecule has 0 fully saturated rings. The molecule has 7 heteroatoms. The van der Waals surface area contributed by atoms with Crippen LogP contribution >= 0.6 is 11.6 Å². The fraction of sp³-hybridized carbons (Fsp3) is 0.176. The molecule has 126 valence electrons. The maximum absolute atomic E-state index is 12.2. The number of hydroxylamine groups is 1. The Morgan fingerprint density at radius 2 is 1.54 bits per heavy atom. The van der Waals surface area contributed by atoms with Crippen LogP contribution in [0, 0.1) is 0 Å². The highest BCUT2D eigenvalue weighted by Gasteiger charge is 2.24. The summed E-state index contributed by atoms with van der Waals surface area (Å²) in [6, 6.07) is 12.5. The van der Waals surface area contributed by atoms with Crippen LogP contribution in [-0.2, 0) is 4.79 Å². The largest absolute Gasteiger partial charge is 0.339 e. The number of halogens is 1. The Hall–Kier alpha value is -2.41. The average Bonchev–Trinajstić information content (AvgIpc) is 2.59. The highest BCUT2D eigenvalue weighted by atomic mass is 35.5. The number of rotatable bonds is 5. The van der Waals surface area contributed by atoms with Crippen molar-refractivity contribution in [3.63, 3.8) is 0 Å². The van der Waals surface area contributed by atoms with Gasteiger partial charge < -0.3 is 11.1 Å². The predicted octanol–water partition coefficient (Wildman–Crippen LogP) is 1.96. The molecule has 2 aromatic carbocycles. The summed E-state index contributed by atoms with van der Waals surface area (Å²) in [7, 11) is 0. The fourth-order valence-electron chi connectivity index (χ4n) is 2.19. The van der Waals surface area contributed by atoms with Gasteiger partial charge in [-0.25, -0.2) is 5.48 Å². The third-order valence-electron chi connectivity index (χ3n) is 3.53. The van der Waals surface area contributed by atoms with Crippen LogP contribution in [0.15, 0.2) is 48.5 Å². The van der Waals surface area contributed by atoms with Crippen LogP contribution < -0.4 is 16.5 Å². The molecule has 0 aliphatic carbocycles. The molecule has 2 rings (SSSR count). The highest BCUT2D eigenvalue weighted by Crippen LogP contribution is 2.21. The standard InChI is InChI=1S/C17H18ClN3O3/c1-10(19)15(17(23)21-24)20-16(22)13-4-2-11(3-5-13)12-6-8-14(18)9-7-12/h2-10,15,24H,19H2,1H3,(H,20,22)(H,21,23)/t10-,15+/m1/s1. The first kappa shape index (κ1) is 17.9. The van der Waals surface area contributed by atoms with Gasteiger partial charge in [-0.2, -0.15) is 0 Å². The summed E-state index contributed by atoms with van der Waals surface area (Å²) in [4.78, 5) is 23.7. The monoisotopic (exact) mass is 347 g/mol. The molecule has 0 aromatic heterocycles. The number of carbonyl (C=O) groups excluding carboxylic acids is 2. The van der Waals surface area contributed by atoms with Crippen molar-refractivity contribution in [2.45, 2.75) is 19.0 Å². The Morgan fingerprint density at radius 3 is 2.00 bits per heavy atom. The molecule has 0 spiro atoms. The van der Waals surface area contributed by atoms with E-state index in [9.17, 15) is 9.59 Å². The summed E-state index contributed by atoms with van der Waals surface area (Å²) in [5.41, 5.74) is 9.43. The van der Waals surface area contributed by atoms with E-state index in [4.69, 9.17) is 22.5 Å². The molecule has 0 radical (unpaired) electrons. The summed E-state index contributed by atoms with van der Waals surface area (Å²) >= 11 is 5.86. The zero-order valence-electron chi connectivity index (χ0n) is 13.0. The minimum Gasteiger partial charge on any atom is -0.339 e. The molecule has 0 aliphatic heterocycles. The van der Waals surface area contributed by atoms with Crippen molar-refractivity contribution < 1.29 is 14.8 Å². The molecular formula is C17H18ClN3O3. The van der Waals surface area contributed by atoms with Crippen LogP contribution in [0.2, 0.25) is 5.02 Å². The lowest BCUT2D eigenvalue weighted by Crippen LogP contribution is -2.54. The smallest absolute Gasteiger partial charge is 0.267 e. The van der Waals surface area contributed by atoms with E-state index < -0.39 is 23.9 Å². The number of hydrogen-bond acceptors (Lipinski definition) is 4. The first-order chi connectivity index (χ1) is 11.4. The lowest BCUT2D eigenvalue weighted by Gasteiger charge is -2.20. The van der Waals surface area contributed by atoms with Crippen molar-refractivity contribution in [3.05, 3.63) is 59.1 Å². The number of hydrogen-bond donors (Lipinski definition) is 4. The van der Waals surface area contributed by atoms with Gasteiger partial charge in [0.15, 0.2) is 0 Å². The molecule has 0 bridgehead atoms. The van der Waals surface area contributed by atoms with E-state index in [1.165, 1.54) is 5.48 Å². The Labute approximate surface area is 144 Å². The van der Waals surface area contributed by atoms with E-state index in [1.807, 2.05) is 12.1 Å². The van der Waals surface area contributed by atoms with Crippen LogP contribution in [-0.4, -0.2) is 29.1 Å². The molecule has 0 saturated carbocycles. The van der Waals surface area contributed by atoms with E-state index in [0.717, 1.165) is 11.1 Å². The summed E-state index contributed by atoms with van der Waals surface area (Å²) in [6.45, 7) is 1.56. The van der Waals surface area contributed by atoms with E-state index in [0.29, 0.717) is 10.6 Å². The Morgan fingerprint density at radius 1 is 1.04 bits per heavy atom. The quantitative estimate of drug-likeness (QED) is 0.490. The van der Waals surface area contributed by atoms with Gasteiger partial charge in [-0.05, 0) is 42.3 Å². The molecular weight excluding hydrogens is 330 g/mol. The third kappa shape index (κ3) is 4.32. The lowest BCUT2D eigenvalue weighted by molar-refractivity contribution is -0.131. The molecule has 0 aliphatic rings. The Bertz CT molecular complexity index is 715. The maximum Gasteiger partial charge on any atom is 0.267 e. The molecule has 6 nitrogen and oxygen atoms in total. The van der Waals surface area contributed by atoms with Crippen LogP contribution in [0.1, 0.15) is 17.3 Å². The zero-order valence-corrected chi connectivity index (χ0v) is 13.7. The number of benzene rings is 2. The zero-order chi connectivity index (χ0) is 17.7. The lowest BCUT2D eigenvalue weighted by atomic mass is 10.0. The highest BCUT2D eigenvalue weighted by molar-refractivity contribution is 6.30. The third-order valence-corrected chi connectivity index (χ3v) is 3.78. The average molecular weight is 348 g/mol. The van der Waals surface area contributed by atoms with Crippen molar-refractivity contribution in [2.24, 2.45) is 5.73 Å². The summed E-state index contributed by atoms with van der Waals surface area (Å²) in [6.07, 6.45) is 0. The molecule has 0 unspecified atom stereocenters. The maximum atomic E-state index is 12.2. The van der Waals surface area contributed by atoms with E-state index in [1.54, 1.807) is 43.3 Å². The van der Waals surface area contributed by atoms with Gasteiger partial charge in [0, 0.05) is 16.6 Å². The van der Waals surface area contributed by atoms with Gasteiger partial charge in [-0.3, -0.25) is 14.8 Å². The minimum atomic E-state index is -1.03. The normalized spacial score (nSPS) is 13.0. The molecule has 0 saturated heterocycles. The predicted molar refractivity (Wildman–Crippen MR) is 91.7 cm³/mol. The fourth-order valence-corrected chi connectivity index (χ4v) is 2.31. The minimum absolute atomic E-state index is 0.379. The van der Waals surface area contributed by atoms with Crippen LogP contribution in [0.4, 0.5) is 0 Å². The number of amides is 2. The van der Waals surface area contributed by atoms with Gasteiger partial charge in [0.25, 0.3) is 11.8 Å². The summed E-state index contributed by atoms with van der Waals surface area (Å²) in [5.74, 6) is -1.22. The van der Waals surface area contributed by atoms with E-state index in [2.05, 4.69) is 5.32 Å². The summed E-state index contributed by atoms with van der Waals surface area (Å²) in [5, 5.41) is 11.9. The molecule has 5 N–H and O–H groups in total. The Kier molecular flexibility index (Phi) is 5.92. The van der Waals surface area contributed by atoms with Gasteiger partial charge in [0.2, 0.25) is 0 Å². The molecule has 0 heterocycles. The number of nitrogens with two attached hydrogens (primary N) is 1. The van der Waals surface area contributed by atoms with E-state index in [-0.39, 0.29) is 0 Å². The molecule has 2 atom stereocenters. The molecule has 2 amide bonds.